The summed E-state index contributed by atoms with van der Waals surface area (Å²) in [6, 6.07) is 10.2. The van der Waals surface area contributed by atoms with E-state index in [2.05, 4.69) is 13.8 Å². The van der Waals surface area contributed by atoms with Crippen molar-refractivity contribution >= 4 is 38.8 Å². The average Bonchev–Trinajstić information content (AvgIpc) is 2.77. The van der Waals surface area contributed by atoms with E-state index in [1.807, 2.05) is 6.92 Å². The van der Waals surface area contributed by atoms with Gasteiger partial charge in [0, 0.05) is 17.0 Å². The predicted octanol–water partition coefficient (Wildman–Crippen LogP) is 3.85. The number of ketones is 1. The van der Waals surface area contributed by atoms with Crippen LogP contribution in [0.2, 0.25) is 5.02 Å². The monoisotopic (exact) mass is 462 g/mol. The number of hydrogen-bond acceptors (Lipinski definition) is 5. The summed E-state index contributed by atoms with van der Waals surface area (Å²) >= 11 is 5.95. The van der Waals surface area contributed by atoms with E-state index in [9.17, 15) is 18.0 Å². The first-order valence-electron chi connectivity index (χ1n) is 10.2. The number of nitrogens with two attached hydrogens (primary N) is 1. The summed E-state index contributed by atoms with van der Waals surface area (Å²) < 4.78 is 25.8. The third-order valence-electron chi connectivity index (χ3n) is 5.79. The van der Waals surface area contributed by atoms with Gasteiger partial charge in [0.25, 0.3) is 0 Å². The fourth-order valence-corrected chi connectivity index (χ4v) is 5.15. The van der Waals surface area contributed by atoms with Crippen LogP contribution < -0.4 is 10.6 Å². The molecule has 1 unspecified atom stereocenters. The van der Waals surface area contributed by atoms with Crippen LogP contribution in [-0.2, 0) is 21.2 Å². The number of anilines is 1. The zero-order valence-corrected chi connectivity index (χ0v) is 19.4. The molecule has 0 aromatic heterocycles. The van der Waals surface area contributed by atoms with E-state index in [0.717, 1.165) is 5.56 Å². The summed E-state index contributed by atoms with van der Waals surface area (Å²) in [4.78, 5) is 27.3. The predicted molar refractivity (Wildman–Crippen MR) is 122 cm³/mol. The Balaban J connectivity index is 2.08. The highest BCUT2D eigenvalue weighted by atomic mass is 35.5. The van der Waals surface area contributed by atoms with Gasteiger partial charge in [0.15, 0.2) is 15.6 Å². The minimum atomic E-state index is -3.79. The summed E-state index contributed by atoms with van der Waals surface area (Å²) in [6.45, 7) is 6.23. The van der Waals surface area contributed by atoms with Crippen molar-refractivity contribution in [3.05, 3.63) is 58.6 Å². The number of rotatable bonds is 6. The zero-order valence-electron chi connectivity index (χ0n) is 17.8. The van der Waals surface area contributed by atoms with E-state index in [1.165, 1.54) is 23.1 Å². The second kappa shape index (κ2) is 9.10. The summed E-state index contributed by atoms with van der Waals surface area (Å²) in [5.74, 6) is -0.555. The first-order valence-corrected chi connectivity index (χ1v) is 12.2. The molecule has 0 radical (unpaired) electrons. The van der Waals surface area contributed by atoms with Crippen molar-refractivity contribution in [2.75, 3.05) is 10.7 Å². The van der Waals surface area contributed by atoms with E-state index < -0.39 is 27.5 Å². The lowest BCUT2D eigenvalue weighted by molar-refractivity contribution is -0.119. The van der Waals surface area contributed by atoms with E-state index in [4.69, 9.17) is 17.3 Å². The van der Waals surface area contributed by atoms with Crippen LogP contribution in [0.15, 0.2) is 47.4 Å². The van der Waals surface area contributed by atoms with Gasteiger partial charge in [-0.15, -0.1) is 0 Å². The molecule has 0 saturated carbocycles. The molecule has 0 saturated heterocycles. The molecule has 0 fully saturated rings. The molecule has 1 aliphatic heterocycles. The smallest absolute Gasteiger partial charge is 0.245 e. The molecule has 3 rings (SSSR count). The van der Waals surface area contributed by atoms with Crippen molar-refractivity contribution in [3.8, 4) is 0 Å². The second-order valence-electron chi connectivity index (χ2n) is 8.47. The van der Waals surface area contributed by atoms with E-state index in [1.54, 1.807) is 24.3 Å². The standard InChI is InChI=1S/C23H27ClN2O4S/c1-14(2)15(3)10-21(27)17-6-9-22-20(11-17)26(12-16-4-7-18(24)8-5-16)23(28)19(25)13-31(22,29)30/h4-9,11,14-15,19H,10,12-13,25H2,1-3H3/t15?,19-/m0/s1. The van der Waals surface area contributed by atoms with Crippen LogP contribution in [-0.4, -0.2) is 31.9 Å². The molecule has 2 aromatic carbocycles. The highest BCUT2D eigenvalue weighted by molar-refractivity contribution is 7.91. The Bertz CT molecular complexity index is 1100. The molecule has 6 nitrogen and oxygen atoms in total. The average molecular weight is 463 g/mol. The number of sulfone groups is 1. The van der Waals surface area contributed by atoms with Crippen molar-refractivity contribution in [1.82, 2.24) is 0 Å². The van der Waals surface area contributed by atoms with E-state index >= 15 is 0 Å². The second-order valence-corrected chi connectivity index (χ2v) is 10.9. The topological polar surface area (TPSA) is 97.5 Å². The normalized spacial score (nSPS) is 19.1. The number of benzene rings is 2. The van der Waals surface area contributed by atoms with Crippen LogP contribution >= 0.6 is 11.6 Å². The lowest BCUT2D eigenvalue weighted by atomic mass is 9.90. The van der Waals surface area contributed by atoms with Gasteiger partial charge < -0.3 is 10.6 Å². The first kappa shape index (κ1) is 23.4. The molecule has 0 aliphatic carbocycles. The van der Waals surface area contributed by atoms with Gasteiger partial charge in [0.05, 0.1) is 28.9 Å². The molecular formula is C23H27ClN2O4S. The van der Waals surface area contributed by atoms with Crippen molar-refractivity contribution in [1.29, 1.82) is 0 Å². The third-order valence-corrected chi connectivity index (χ3v) is 7.85. The molecular weight excluding hydrogens is 436 g/mol. The summed E-state index contributed by atoms with van der Waals surface area (Å²) in [6.07, 6.45) is 0.341. The summed E-state index contributed by atoms with van der Waals surface area (Å²) in [7, 11) is -3.79. The molecule has 2 atom stereocenters. The largest absolute Gasteiger partial charge is 0.319 e. The quantitative estimate of drug-likeness (QED) is 0.657. The van der Waals surface area contributed by atoms with Gasteiger partial charge >= 0.3 is 0 Å². The minimum absolute atomic E-state index is 0.0104. The van der Waals surface area contributed by atoms with Crippen LogP contribution in [0.25, 0.3) is 0 Å². The molecule has 31 heavy (non-hydrogen) atoms. The molecule has 1 amide bonds. The number of amides is 1. The molecule has 2 aromatic rings. The van der Waals surface area contributed by atoms with Gasteiger partial charge in [-0.2, -0.15) is 0 Å². The van der Waals surface area contributed by atoms with Gasteiger partial charge in [0.2, 0.25) is 5.91 Å². The molecule has 166 valence electrons. The van der Waals surface area contributed by atoms with Gasteiger partial charge in [-0.25, -0.2) is 8.42 Å². The van der Waals surface area contributed by atoms with Crippen LogP contribution in [0.1, 0.15) is 43.1 Å². The molecule has 0 spiro atoms. The number of carbonyl (C=O) groups is 2. The maximum atomic E-state index is 13.0. The van der Waals surface area contributed by atoms with Crippen molar-refractivity contribution in [2.45, 2.75) is 44.7 Å². The van der Waals surface area contributed by atoms with Gasteiger partial charge in [-0.3, -0.25) is 9.59 Å². The Hall–Kier alpha value is -2.22. The zero-order chi connectivity index (χ0) is 22.9. The highest BCUT2D eigenvalue weighted by Gasteiger charge is 2.36. The fraction of sp³-hybridized carbons (Fsp3) is 0.391. The molecule has 8 heteroatoms. The fourth-order valence-electron chi connectivity index (χ4n) is 3.46. The number of carbonyl (C=O) groups excluding carboxylic acids is 2. The maximum Gasteiger partial charge on any atom is 0.245 e. The third kappa shape index (κ3) is 5.17. The van der Waals surface area contributed by atoms with Crippen LogP contribution in [0.4, 0.5) is 5.69 Å². The van der Waals surface area contributed by atoms with E-state index in [-0.39, 0.29) is 28.8 Å². The number of nitrogens with zero attached hydrogens (tertiary/aromatic N) is 1. The maximum absolute atomic E-state index is 13.0. The van der Waals surface area contributed by atoms with Crippen LogP contribution in [0.5, 0.6) is 0 Å². The number of halogens is 1. The summed E-state index contributed by atoms with van der Waals surface area (Å²) in [5.41, 5.74) is 7.28. The van der Waals surface area contributed by atoms with E-state index in [0.29, 0.717) is 22.9 Å². The van der Waals surface area contributed by atoms with Crippen molar-refractivity contribution in [2.24, 2.45) is 17.6 Å². The Morgan fingerprint density at radius 2 is 1.81 bits per heavy atom. The molecule has 1 aliphatic rings. The van der Waals surface area contributed by atoms with Crippen LogP contribution in [0.3, 0.4) is 0 Å². The minimum Gasteiger partial charge on any atom is -0.319 e. The lowest BCUT2D eigenvalue weighted by Crippen LogP contribution is -2.45. The Kier molecular flexibility index (Phi) is 6.88. The van der Waals surface area contributed by atoms with Crippen molar-refractivity contribution < 1.29 is 18.0 Å². The highest BCUT2D eigenvalue weighted by Crippen LogP contribution is 2.33. The molecule has 1 heterocycles. The van der Waals surface area contributed by atoms with Gasteiger partial charge in [-0.05, 0) is 47.7 Å². The number of hydrogen-bond donors (Lipinski definition) is 1. The molecule has 2 N–H and O–H groups in total. The number of Topliss-reactive ketones (excluding diaryl/α,β-unsaturated/α-hetero) is 1. The summed E-state index contributed by atoms with van der Waals surface area (Å²) in [5, 5.41) is 0.553. The van der Waals surface area contributed by atoms with Gasteiger partial charge in [-0.1, -0.05) is 44.5 Å². The van der Waals surface area contributed by atoms with Crippen LogP contribution in [0, 0.1) is 11.8 Å². The Labute approximate surface area is 188 Å². The molecule has 0 bridgehead atoms. The number of fused-ring (bicyclic) bond motifs is 1. The van der Waals surface area contributed by atoms with Crippen molar-refractivity contribution in [3.63, 3.8) is 0 Å². The lowest BCUT2D eigenvalue weighted by Gasteiger charge is -2.25. The Morgan fingerprint density at radius 3 is 2.42 bits per heavy atom. The Morgan fingerprint density at radius 1 is 1.16 bits per heavy atom. The van der Waals surface area contributed by atoms with Gasteiger partial charge in [0.1, 0.15) is 0 Å². The SMILES string of the molecule is CC(C)C(C)CC(=O)c1ccc2c(c1)N(Cc1ccc(Cl)cc1)C(=O)[C@@H](N)CS2(=O)=O. The first-order chi connectivity index (χ1) is 14.5.